The van der Waals surface area contributed by atoms with Crippen LogP contribution in [0.25, 0.3) is 0 Å². The molecule has 0 unspecified atom stereocenters. The van der Waals surface area contributed by atoms with E-state index in [0.29, 0.717) is 32.2 Å². The van der Waals surface area contributed by atoms with Crippen LogP contribution in [-0.4, -0.2) is 61.0 Å². The maximum absolute atomic E-state index is 12.9. The molecule has 0 spiro atoms. The molecule has 1 amide bonds. The third-order valence-corrected chi connectivity index (χ3v) is 5.65. The number of anilines is 1. The monoisotopic (exact) mass is 401 g/mol. The number of hydrogen-bond donors (Lipinski definition) is 1. The van der Waals surface area contributed by atoms with Gasteiger partial charge in [-0.2, -0.15) is 13.2 Å². The van der Waals surface area contributed by atoms with Crippen molar-refractivity contribution in [1.82, 2.24) is 4.90 Å². The maximum atomic E-state index is 12.9. The van der Waals surface area contributed by atoms with Crippen molar-refractivity contribution in [3.8, 4) is 0 Å². The molecule has 0 radical (unpaired) electrons. The molecule has 1 aromatic carbocycles. The fourth-order valence-electron chi connectivity index (χ4n) is 3.97. The Labute approximate surface area is 160 Å². The molecule has 7 nitrogen and oxygen atoms in total. The molecule has 0 aliphatic carbocycles. The van der Waals surface area contributed by atoms with Crippen LogP contribution in [0.2, 0.25) is 0 Å². The fourth-order valence-corrected chi connectivity index (χ4v) is 3.97. The van der Waals surface area contributed by atoms with Gasteiger partial charge in [0.25, 0.3) is 11.6 Å². The zero-order valence-electron chi connectivity index (χ0n) is 15.7. The number of rotatable bonds is 4. The third-order valence-electron chi connectivity index (χ3n) is 5.65. The number of piperazine rings is 1. The quantitative estimate of drug-likeness (QED) is 0.611. The minimum absolute atomic E-state index is 0.126. The first-order chi connectivity index (χ1) is 13.2. The van der Waals surface area contributed by atoms with Gasteiger partial charge in [-0.05, 0) is 31.9 Å². The van der Waals surface area contributed by atoms with Gasteiger partial charge in [0.2, 0.25) is 0 Å². The van der Waals surface area contributed by atoms with Crippen molar-refractivity contribution in [2.45, 2.75) is 32.0 Å². The minimum Gasteiger partial charge on any atom is -0.355 e. The summed E-state index contributed by atoms with van der Waals surface area (Å²) in [5, 5.41) is 11.3. The topological polar surface area (TPSA) is 71.1 Å². The Balaban J connectivity index is 1.69. The summed E-state index contributed by atoms with van der Waals surface area (Å²) in [6.45, 7) is 5.56. The van der Waals surface area contributed by atoms with Crippen LogP contribution in [0.5, 0.6) is 0 Å². The molecule has 0 aromatic heterocycles. The van der Waals surface area contributed by atoms with Crippen molar-refractivity contribution < 1.29 is 27.8 Å². The van der Waals surface area contributed by atoms with E-state index in [4.69, 9.17) is 0 Å². The van der Waals surface area contributed by atoms with Crippen LogP contribution in [-0.2, 0) is 11.0 Å². The van der Waals surface area contributed by atoms with Gasteiger partial charge in [0.05, 0.1) is 36.7 Å². The highest BCUT2D eigenvalue weighted by Crippen LogP contribution is 2.36. The van der Waals surface area contributed by atoms with E-state index < -0.39 is 22.4 Å². The second kappa shape index (κ2) is 7.94. The smallest absolute Gasteiger partial charge is 0.355 e. The molecule has 1 N–H and O–H groups in total. The lowest BCUT2D eigenvalue weighted by molar-refractivity contribution is -0.915. The van der Waals surface area contributed by atoms with Crippen molar-refractivity contribution in [3.05, 3.63) is 33.9 Å². The van der Waals surface area contributed by atoms with Crippen LogP contribution in [0.15, 0.2) is 18.2 Å². The van der Waals surface area contributed by atoms with Crippen LogP contribution >= 0.6 is 0 Å². The highest BCUT2D eigenvalue weighted by atomic mass is 19.4. The van der Waals surface area contributed by atoms with E-state index in [-0.39, 0.29) is 17.6 Å². The molecule has 3 rings (SSSR count). The molecular weight excluding hydrogens is 377 g/mol. The molecule has 10 heteroatoms. The largest absolute Gasteiger partial charge is 0.416 e. The number of nitro benzene ring substituents is 1. The number of amides is 1. The van der Waals surface area contributed by atoms with Gasteiger partial charge in [0, 0.05) is 19.2 Å². The van der Waals surface area contributed by atoms with Crippen molar-refractivity contribution in [1.29, 1.82) is 0 Å². The maximum Gasteiger partial charge on any atom is 0.416 e. The lowest BCUT2D eigenvalue weighted by atomic mass is 10.1. The summed E-state index contributed by atoms with van der Waals surface area (Å²) in [6, 6.07) is 2.45. The van der Waals surface area contributed by atoms with E-state index in [1.165, 1.54) is 6.07 Å². The zero-order chi connectivity index (χ0) is 20.5. The van der Waals surface area contributed by atoms with Gasteiger partial charge in [0.15, 0.2) is 6.04 Å². The molecule has 2 saturated heterocycles. The van der Waals surface area contributed by atoms with E-state index >= 15 is 0 Å². The first kappa shape index (κ1) is 20.4. The molecule has 2 heterocycles. The second-order valence-electron chi connectivity index (χ2n) is 7.36. The van der Waals surface area contributed by atoms with Crippen molar-refractivity contribution in [3.63, 3.8) is 0 Å². The summed E-state index contributed by atoms with van der Waals surface area (Å²) < 4.78 is 38.6. The number of benzene rings is 1. The van der Waals surface area contributed by atoms with E-state index in [9.17, 15) is 28.1 Å². The lowest BCUT2D eigenvalue weighted by Crippen LogP contribution is -3.19. The highest BCUT2D eigenvalue weighted by Gasteiger charge is 2.36. The van der Waals surface area contributed by atoms with E-state index in [2.05, 4.69) is 0 Å². The summed E-state index contributed by atoms with van der Waals surface area (Å²) in [4.78, 5) is 27.8. The van der Waals surface area contributed by atoms with Gasteiger partial charge >= 0.3 is 6.18 Å². The van der Waals surface area contributed by atoms with Gasteiger partial charge in [0.1, 0.15) is 5.69 Å². The molecule has 2 fully saturated rings. The number of carbonyl (C=O) groups is 1. The van der Waals surface area contributed by atoms with Gasteiger partial charge in [-0.15, -0.1) is 0 Å². The van der Waals surface area contributed by atoms with Crippen molar-refractivity contribution >= 4 is 17.3 Å². The molecule has 2 aliphatic rings. The molecule has 154 valence electrons. The Kier molecular flexibility index (Phi) is 5.78. The van der Waals surface area contributed by atoms with Crippen molar-refractivity contribution in [2.75, 3.05) is 44.2 Å². The molecule has 2 aliphatic heterocycles. The second-order valence-corrected chi connectivity index (χ2v) is 7.36. The summed E-state index contributed by atoms with van der Waals surface area (Å²) in [5.41, 5.74) is -1.38. The molecule has 1 aromatic rings. The summed E-state index contributed by atoms with van der Waals surface area (Å²) in [5.74, 6) is 0.126. The SMILES string of the molecule is C[C@H](C(=O)N1CCCC1)[NH+]1CCN(c2ccc(C(F)(F)F)cc2[N+](=O)[O-])CC1. The Bertz CT molecular complexity index is 742. The summed E-state index contributed by atoms with van der Waals surface area (Å²) >= 11 is 0. The average molecular weight is 401 g/mol. The predicted molar refractivity (Wildman–Crippen MR) is 96.3 cm³/mol. The number of nitro groups is 1. The zero-order valence-corrected chi connectivity index (χ0v) is 15.7. The number of alkyl halides is 3. The summed E-state index contributed by atoms with van der Waals surface area (Å²) in [7, 11) is 0. The van der Waals surface area contributed by atoms with Crippen LogP contribution < -0.4 is 9.80 Å². The van der Waals surface area contributed by atoms with Crippen LogP contribution in [0.3, 0.4) is 0 Å². The Morgan fingerprint density at radius 2 is 1.79 bits per heavy atom. The number of hydrogen-bond acceptors (Lipinski definition) is 4. The number of nitrogens with zero attached hydrogens (tertiary/aromatic N) is 3. The first-order valence-electron chi connectivity index (χ1n) is 9.42. The first-order valence-corrected chi connectivity index (χ1v) is 9.42. The van der Waals surface area contributed by atoms with Crippen LogP contribution in [0, 0.1) is 10.1 Å². The molecule has 28 heavy (non-hydrogen) atoms. The molecule has 0 bridgehead atoms. The van der Waals surface area contributed by atoms with E-state index in [1.807, 2.05) is 11.8 Å². The minimum atomic E-state index is -4.63. The number of likely N-dealkylation sites (tertiary alicyclic amines) is 1. The lowest BCUT2D eigenvalue weighted by Gasteiger charge is -2.36. The number of carbonyl (C=O) groups excluding carboxylic acids is 1. The predicted octanol–water partition coefficient (Wildman–Crippen LogP) is 1.33. The van der Waals surface area contributed by atoms with Gasteiger partial charge in [-0.1, -0.05) is 0 Å². The number of quaternary nitrogens is 1. The molecule has 1 atom stereocenters. The standard InChI is InChI=1S/C18H23F3N4O3/c1-13(17(26)24-6-2-3-7-24)22-8-10-23(11-9-22)15-5-4-14(18(19,20)21)12-16(15)25(27)28/h4-5,12-13H,2-3,6-11H2,1H3/p+1/t13-/m1/s1. The van der Waals surface area contributed by atoms with E-state index in [0.717, 1.165) is 36.9 Å². The number of nitrogens with one attached hydrogen (secondary N) is 1. The normalized spacial score (nSPS) is 19.7. The van der Waals surface area contributed by atoms with Gasteiger partial charge in [-0.25, -0.2) is 0 Å². The fraction of sp³-hybridized carbons (Fsp3) is 0.611. The number of halogens is 3. The molecular formula is C18H24F3N4O3+. The Morgan fingerprint density at radius 1 is 1.18 bits per heavy atom. The Morgan fingerprint density at radius 3 is 2.32 bits per heavy atom. The van der Waals surface area contributed by atoms with Crippen molar-refractivity contribution in [2.24, 2.45) is 0 Å². The third kappa shape index (κ3) is 4.21. The highest BCUT2D eigenvalue weighted by molar-refractivity contribution is 5.80. The average Bonchev–Trinajstić information content (AvgIpc) is 3.20. The summed E-state index contributed by atoms with van der Waals surface area (Å²) in [6.07, 6.45) is -2.57. The van der Waals surface area contributed by atoms with E-state index in [1.54, 1.807) is 4.90 Å². The molecule has 0 saturated carbocycles. The van der Waals surface area contributed by atoms with Crippen LogP contribution in [0.4, 0.5) is 24.5 Å². The Hall–Kier alpha value is -2.36. The van der Waals surface area contributed by atoms with Gasteiger partial charge < -0.3 is 14.7 Å². The van der Waals surface area contributed by atoms with Gasteiger partial charge in [-0.3, -0.25) is 14.9 Å². The van der Waals surface area contributed by atoms with Crippen LogP contribution in [0.1, 0.15) is 25.3 Å².